The van der Waals surface area contributed by atoms with Gasteiger partial charge >= 0.3 is 0 Å². The second-order valence-corrected chi connectivity index (χ2v) is 4.45. The smallest absolute Gasteiger partial charge is 0.190 e. The zero-order valence-corrected chi connectivity index (χ0v) is 9.13. The summed E-state index contributed by atoms with van der Waals surface area (Å²) >= 11 is 0. The first-order chi connectivity index (χ1) is 6.92. The Balaban J connectivity index is 2.52. The molecular weight excluding hydrogens is 188 g/mol. The lowest BCUT2D eigenvalue weighted by Crippen LogP contribution is -2.57. The summed E-state index contributed by atoms with van der Waals surface area (Å²) in [5.41, 5.74) is 15.0. The predicted molar refractivity (Wildman–Crippen MR) is 59.9 cm³/mol. The Bertz CT molecular complexity index is 425. The fourth-order valence-corrected chi connectivity index (χ4v) is 2.08. The molecule has 0 amide bonds. The molecule has 0 unspecified atom stereocenters. The fourth-order valence-electron chi connectivity index (χ4n) is 2.08. The number of hydrogen-bond acceptors (Lipinski definition) is 3. The monoisotopic (exact) mass is 204 g/mol. The second kappa shape index (κ2) is 3.15. The van der Waals surface area contributed by atoms with Gasteiger partial charge in [0, 0.05) is 6.42 Å². The molecule has 0 saturated heterocycles. The zero-order chi connectivity index (χ0) is 11.2. The molecule has 3 heteroatoms. The Kier molecular flexibility index (Phi) is 2.17. The van der Waals surface area contributed by atoms with Crippen molar-refractivity contribution in [2.45, 2.75) is 32.4 Å². The third-order valence-electron chi connectivity index (χ3n) is 3.29. The van der Waals surface area contributed by atoms with Crippen LogP contribution in [0.3, 0.4) is 0 Å². The molecular formula is C12H16N2O. The average Bonchev–Trinajstić information content (AvgIpc) is 2.15. The Labute approximate surface area is 89.5 Å². The van der Waals surface area contributed by atoms with Crippen LogP contribution in [-0.2, 0) is 4.79 Å². The van der Waals surface area contributed by atoms with E-state index in [0.29, 0.717) is 6.42 Å². The van der Waals surface area contributed by atoms with E-state index in [1.54, 1.807) is 6.08 Å². The second-order valence-electron chi connectivity index (χ2n) is 4.45. The summed E-state index contributed by atoms with van der Waals surface area (Å²) < 4.78 is 0. The first kappa shape index (κ1) is 10.3. The van der Waals surface area contributed by atoms with Crippen molar-refractivity contribution in [3.8, 4) is 0 Å². The molecule has 0 aromatic rings. The van der Waals surface area contributed by atoms with Gasteiger partial charge in [-0.25, -0.2) is 0 Å². The van der Waals surface area contributed by atoms with Crippen molar-refractivity contribution >= 4 is 5.78 Å². The topological polar surface area (TPSA) is 69.1 Å². The Morgan fingerprint density at radius 3 is 2.67 bits per heavy atom. The number of allylic oxidation sites excluding steroid dienone is 4. The zero-order valence-electron chi connectivity index (χ0n) is 9.13. The first-order valence-corrected chi connectivity index (χ1v) is 5.12. The van der Waals surface area contributed by atoms with Gasteiger partial charge < -0.3 is 11.5 Å². The van der Waals surface area contributed by atoms with Crippen LogP contribution in [0.1, 0.15) is 26.7 Å². The summed E-state index contributed by atoms with van der Waals surface area (Å²) in [6.45, 7) is 4.13. The van der Waals surface area contributed by atoms with Gasteiger partial charge in [0.2, 0.25) is 0 Å². The molecule has 2 rings (SSSR count). The summed E-state index contributed by atoms with van der Waals surface area (Å²) in [4.78, 5) is 11.6. The van der Waals surface area contributed by atoms with Gasteiger partial charge in [-0.1, -0.05) is 11.6 Å². The molecule has 0 aromatic carbocycles. The SMILES string of the molecule is CC1=CCC2=CC(=O)C(N)(N)CC2=C1C. The van der Waals surface area contributed by atoms with E-state index in [1.165, 1.54) is 11.1 Å². The van der Waals surface area contributed by atoms with Crippen LogP contribution in [0.15, 0.2) is 34.4 Å². The van der Waals surface area contributed by atoms with Crippen LogP contribution in [0, 0.1) is 0 Å². The first-order valence-electron chi connectivity index (χ1n) is 5.12. The van der Waals surface area contributed by atoms with E-state index in [9.17, 15) is 4.79 Å². The van der Waals surface area contributed by atoms with E-state index in [4.69, 9.17) is 11.5 Å². The lowest BCUT2D eigenvalue weighted by molar-refractivity contribution is -0.119. The van der Waals surface area contributed by atoms with Crippen molar-refractivity contribution in [1.29, 1.82) is 0 Å². The Morgan fingerprint density at radius 2 is 2.00 bits per heavy atom. The number of ketones is 1. The van der Waals surface area contributed by atoms with Crippen molar-refractivity contribution in [1.82, 2.24) is 0 Å². The van der Waals surface area contributed by atoms with Crippen molar-refractivity contribution in [3.63, 3.8) is 0 Å². The van der Waals surface area contributed by atoms with Crippen molar-refractivity contribution in [3.05, 3.63) is 34.4 Å². The van der Waals surface area contributed by atoms with Crippen LogP contribution in [0.5, 0.6) is 0 Å². The van der Waals surface area contributed by atoms with Gasteiger partial charge in [0.05, 0.1) is 0 Å². The van der Waals surface area contributed by atoms with Crippen molar-refractivity contribution in [2.75, 3.05) is 0 Å². The minimum absolute atomic E-state index is 0.165. The minimum atomic E-state index is -1.21. The molecule has 2 aliphatic carbocycles. The molecule has 0 bridgehead atoms. The minimum Gasteiger partial charge on any atom is -0.307 e. The third kappa shape index (κ3) is 1.58. The molecule has 3 nitrogen and oxygen atoms in total. The van der Waals surface area contributed by atoms with Gasteiger partial charge in [0.15, 0.2) is 5.78 Å². The summed E-state index contributed by atoms with van der Waals surface area (Å²) in [5.74, 6) is -0.165. The predicted octanol–water partition coefficient (Wildman–Crippen LogP) is 1.17. The van der Waals surface area contributed by atoms with Crippen LogP contribution < -0.4 is 11.5 Å². The maximum absolute atomic E-state index is 11.6. The van der Waals surface area contributed by atoms with E-state index >= 15 is 0 Å². The lowest BCUT2D eigenvalue weighted by atomic mass is 9.78. The van der Waals surface area contributed by atoms with Gasteiger partial charge in [-0.15, -0.1) is 0 Å². The molecule has 0 spiro atoms. The van der Waals surface area contributed by atoms with Gasteiger partial charge in [0.1, 0.15) is 5.66 Å². The summed E-state index contributed by atoms with van der Waals surface area (Å²) in [7, 11) is 0. The van der Waals surface area contributed by atoms with Crippen molar-refractivity contribution < 1.29 is 4.79 Å². The Hall–Kier alpha value is -1.19. The number of carbonyl (C=O) groups excluding carboxylic acids is 1. The standard InChI is InChI=1S/C12H16N2O/c1-7-3-4-9-5-11(15)12(13,14)6-10(9)8(7)2/h3,5H,4,6,13-14H2,1-2H3. The largest absolute Gasteiger partial charge is 0.307 e. The van der Waals surface area contributed by atoms with Crippen LogP contribution >= 0.6 is 0 Å². The lowest BCUT2D eigenvalue weighted by Gasteiger charge is -2.32. The van der Waals surface area contributed by atoms with E-state index in [0.717, 1.165) is 17.6 Å². The summed E-state index contributed by atoms with van der Waals surface area (Å²) in [6.07, 6.45) is 5.01. The average molecular weight is 204 g/mol. The van der Waals surface area contributed by atoms with Crippen LogP contribution in [0.25, 0.3) is 0 Å². The number of nitrogens with two attached hydrogens (primary N) is 2. The van der Waals surface area contributed by atoms with Crippen LogP contribution in [0.2, 0.25) is 0 Å². The number of fused-ring (bicyclic) bond motifs is 1. The molecule has 0 atom stereocenters. The highest BCUT2D eigenvalue weighted by atomic mass is 16.1. The molecule has 0 radical (unpaired) electrons. The molecule has 0 fully saturated rings. The molecule has 0 heterocycles. The molecule has 0 aliphatic heterocycles. The van der Waals surface area contributed by atoms with E-state index in [2.05, 4.69) is 19.9 Å². The normalized spacial score (nSPS) is 24.7. The van der Waals surface area contributed by atoms with Crippen LogP contribution in [-0.4, -0.2) is 11.4 Å². The quantitative estimate of drug-likeness (QED) is 0.582. The molecule has 4 N–H and O–H groups in total. The highest BCUT2D eigenvalue weighted by Crippen LogP contribution is 2.36. The maximum Gasteiger partial charge on any atom is 0.190 e. The van der Waals surface area contributed by atoms with Crippen molar-refractivity contribution in [2.24, 2.45) is 11.5 Å². The number of rotatable bonds is 0. The van der Waals surface area contributed by atoms with Crippen LogP contribution in [0.4, 0.5) is 0 Å². The summed E-state index contributed by atoms with van der Waals surface area (Å²) in [5, 5.41) is 0. The number of carbonyl (C=O) groups is 1. The fraction of sp³-hybridized carbons (Fsp3) is 0.417. The van der Waals surface area contributed by atoms with Gasteiger partial charge in [0.25, 0.3) is 0 Å². The van der Waals surface area contributed by atoms with Gasteiger partial charge in [-0.3, -0.25) is 4.79 Å². The van der Waals surface area contributed by atoms with E-state index in [-0.39, 0.29) is 5.78 Å². The molecule has 15 heavy (non-hydrogen) atoms. The highest BCUT2D eigenvalue weighted by molar-refractivity contribution is 6.00. The number of hydrogen-bond donors (Lipinski definition) is 2. The molecule has 0 saturated carbocycles. The van der Waals surface area contributed by atoms with Gasteiger partial charge in [-0.05, 0) is 43.1 Å². The third-order valence-corrected chi connectivity index (χ3v) is 3.29. The molecule has 2 aliphatic rings. The summed E-state index contributed by atoms with van der Waals surface area (Å²) in [6, 6.07) is 0. The van der Waals surface area contributed by atoms with E-state index < -0.39 is 5.66 Å². The maximum atomic E-state index is 11.6. The van der Waals surface area contributed by atoms with Gasteiger partial charge in [-0.2, -0.15) is 0 Å². The molecule has 0 aromatic heterocycles. The highest BCUT2D eigenvalue weighted by Gasteiger charge is 2.35. The van der Waals surface area contributed by atoms with E-state index in [1.807, 2.05) is 0 Å². The Morgan fingerprint density at radius 1 is 1.33 bits per heavy atom. The molecule has 80 valence electrons.